The molecule has 3 atom stereocenters. The highest BCUT2D eigenvalue weighted by atomic mass is 32.1. The van der Waals surface area contributed by atoms with E-state index in [0.717, 1.165) is 24.3 Å². The Balaban J connectivity index is 2.02. The topological polar surface area (TPSA) is 24.9 Å². The van der Waals surface area contributed by atoms with Gasteiger partial charge in [0.15, 0.2) is 0 Å². The molecular weight excluding hydrogens is 264 g/mol. The Labute approximate surface area is 128 Å². The lowest BCUT2D eigenvalue weighted by molar-refractivity contribution is 0.0977. The molecule has 3 heteroatoms. The average Bonchev–Trinajstić information content (AvgIpc) is 2.89. The number of nitrogens with zero attached hydrogens (tertiary/aromatic N) is 1. The summed E-state index contributed by atoms with van der Waals surface area (Å²) in [5.41, 5.74) is 2.42. The van der Waals surface area contributed by atoms with Crippen LogP contribution in [0.3, 0.4) is 0 Å². The highest BCUT2D eigenvalue weighted by Crippen LogP contribution is 2.43. The molecule has 0 radical (unpaired) electrons. The van der Waals surface area contributed by atoms with Crippen LogP contribution in [0.5, 0.6) is 0 Å². The van der Waals surface area contributed by atoms with Gasteiger partial charge in [0, 0.05) is 11.1 Å². The van der Waals surface area contributed by atoms with Gasteiger partial charge in [-0.1, -0.05) is 27.7 Å². The Morgan fingerprint density at radius 1 is 1.30 bits per heavy atom. The molecule has 0 bridgehead atoms. The van der Waals surface area contributed by atoms with Gasteiger partial charge in [-0.2, -0.15) is 0 Å². The van der Waals surface area contributed by atoms with Gasteiger partial charge < -0.3 is 5.32 Å². The second kappa shape index (κ2) is 7.04. The molecule has 1 saturated carbocycles. The third-order valence-electron chi connectivity index (χ3n) is 4.97. The number of nitrogens with one attached hydrogen (secondary N) is 1. The molecule has 1 aromatic heterocycles. The third-order valence-corrected chi connectivity index (χ3v) is 5.77. The van der Waals surface area contributed by atoms with Crippen molar-refractivity contribution in [2.45, 2.75) is 53.4 Å². The van der Waals surface area contributed by atoms with Crippen LogP contribution in [-0.4, -0.2) is 18.1 Å². The molecule has 0 aromatic carbocycles. The van der Waals surface area contributed by atoms with Crippen LogP contribution in [0.15, 0.2) is 11.7 Å². The summed E-state index contributed by atoms with van der Waals surface area (Å²) >= 11 is 1.82. The minimum atomic E-state index is 0.453. The van der Waals surface area contributed by atoms with Crippen LogP contribution in [0.4, 0.5) is 0 Å². The molecule has 1 aliphatic carbocycles. The van der Waals surface area contributed by atoms with E-state index in [0.29, 0.717) is 5.41 Å². The van der Waals surface area contributed by atoms with Crippen molar-refractivity contribution in [1.82, 2.24) is 10.3 Å². The second-order valence-electron chi connectivity index (χ2n) is 7.38. The molecule has 20 heavy (non-hydrogen) atoms. The zero-order valence-electron chi connectivity index (χ0n) is 13.5. The summed E-state index contributed by atoms with van der Waals surface area (Å²) < 4.78 is 0. The van der Waals surface area contributed by atoms with Gasteiger partial charge in [0.2, 0.25) is 0 Å². The lowest BCUT2D eigenvalue weighted by Gasteiger charge is -2.42. The van der Waals surface area contributed by atoms with E-state index in [9.17, 15) is 0 Å². The summed E-state index contributed by atoms with van der Waals surface area (Å²) in [6.07, 6.45) is 7.47. The maximum absolute atomic E-state index is 4.25. The molecule has 1 aromatic rings. The van der Waals surface area contributed by atoms with Gasteiger partial charge >= 0.3 is 0 Å². The summed E-state index contributed by atoms with van der Waals surface area (Å²) in [5, 5.41) is 3.57. The van der Waals surface area contributed by atoms with E-state index in [1.165, 1.54) is 37.1 Å². The molecule has 0 amide bonds. The molecule has 114 valence electrons. The van der Waals surface area contributed by atoms with Gasteiger partial charge in [0.05, 0.1) is 5.51 Å². The molecule has 2 rings (SSSR count). The van der Waals surface area contributed by atoms with E-state index < -0.39 is 0 Å². The standard InChI is InChI=1S/C17H30N2S/c1-5-18-10-13-6-7-15(17(2,3)4)8-14(13)9-16-11-19-12-20-16/h11-15,18H,5-10H2,1-4H3. The van der Waals surface area contributed by atoms with Gasteiger partial charge in [-0.3, -0.25) is 4.98 Å². The minimum Gasteiger partial charge on any atom is -0.317 e. The van der Waals surface area contributed by atoms with Crippen LogP contribution in [0, 0.1) is 23.2 Å². The summed E-state index contributed by atoms with van der Waals surface area (Å²) in [6, 6.07) is 0. The number of aromatic nitrogens is 1. The highest BCUT2D eigenvalue weighted by Gasteiger charge is 2.35. The van der Waals surface area contributed by atoms with Crippen LogP contribution in [0.1, 0.15) is 51.8 Å². The van der Waals surface area contributed by atoms with Crippen molar-refractivity contribution in [3.8, 4) is 0 Å². The molecule has 1 heterocycles. The van der Waals surface area contributed by atoms with Crippen LogP contribution in [-0.2, 0) is 6.42 Å². The van der Waals surface area contributed by atoms with E-state index in [1.807, 2.05) is 16.8 Å². The first kappa shape index (κ1) is 16.0. The van der Waals surface area contributed by atoms with Gasteiger partial charge in [-0.15, -0.1) is 11.3 Å². The lowest BCUT2D eigenvalue weighted by Crippen LogP contribution is -2.37. The SMILES string of the molecule is CCNCC1CCC(C(C)(C)C)CC1Cc1cncs1. The zero-order valence-corrected chi connectivity index (χ0v) is 14.3. The van der Waals surface area contributed by atoms with Crippen LogP contribution < -0.4 is 5.32 Å². The van der Waals surface area contributed by atoms with Crippen molar-refractivity contribution in [3.63, 3.8) is 0 Å². The first-order valence-electron chi connectivity index (χ1n) is 8.08. The van der Waals surface area contributed by atoms with Crippen molar-refractivity contribution in [3.05, 3.63) is 16.6 Å². The number of thiazole rings is 1. The van der Waals surface area contributed by atoms with E-state index in [2.05, 4.69) is 44.2 Å². The van der Waals surface area contributed by atoms with Crippen LogP contribution in [0.25, 0.3) is 0 Å². The van der Waals surface area contributed by atoms with E-state index in [4.69, 9.17) is 0 Å². The maximum Gasteiger partial charge on any atom is 0.0794 e. The maximum atomic E-state index is 4.25. The Bertz CT molecular complexity index is 380. The Morgan fingerprint density at radius 3 is 2.70 bits per heavy atom. The largest absolute Gasteiger partial charge is 0.317 e. The third kappa shape index (κ3) is 4.29. The van der Waals surface area contributed by atoms with E-state index >= 15 is 0 Å². The summed E-state index contributed by atoms with van der Waals surface area (Å²) in [7, 11) is 0. The van der Waals surface area contributed by atoms with Crippen molar-refractivity contribution in [2.24, 2.45) is 23.2 Å². The molecule has 0 aliphatic heterocycles. The van der Waals surface area contributed by atoms with Gasteiger partial charge in [0.25, 0.3) is 0 Å². The van der Waals surface area contributed by atoms with Crippen molar-refractivity contribution < 1.29 is 0 Å². The number of hydrogen-bond donors (Lipinski definition) is 1. The molecule has 2 nitrogen and oxygen atoms in total. The molecular formula is C17H30N2S. The van der Waals surface area contributed by atoms with Gasteiger partial charge in [-0.05, 0) is 61.9 Å². The van der Waals surface area contributed by atoms with Crippen molar-refractivity contribution in [1.29, 1.82) is 0 Å². The van der Waals surface area contributed by atoms with Crippen LogP contribution in [0.2, 0.25) is 0 Å². The molecule has 0 spiro atoms. The quantitative estimate of drug-likeness (QED) is 0.872. The zero-order chi connectivity index (χ0) is 14.6. The fourth-order valence-corrected chi connectivity index (χ4v) is 4.25. The summed E-state index contributed by atoms with van der Waals surface area (Å²) in [5.74, 6) is 2.54. The minimum absolute atomic E-state index is 0.453. The fourth-order valence-electron chi connectivity index (χ4n) is 3.56. The molecule has 1 aliphatic rings. The Kier molecular flexibility index (Phi) is 5.62. The average molecular weight is 295 g/mol. The van der Waals surface area contributed by atoms with Gasteiger partial charge in [0.1, 0.15) is 0 Å². The lowest BCUT2D eigenvalue weighted by atomic mass is 9.64. The molecule has 1 N–H and O–H groups in total. The Morgan fingerprint density at radius 2 is 2.10 bits per heavy atom. The predicted molar refractivity (Wildman–Crippen MR) is 88.1 cm³/mol. The smallest absolute Gasteiger partial charge is 0.0794 e. The van der Waals surface area contributed by atoms with Crippen molar-refractivity contribution in [2.75, 3.05) is 13.1 Å². The first-order chi connectivity index (χ1) is 9.50. The second-order valence-corrected chi connectivity index (χ2v) is 8.35. The fraction of sp³-hybridized carbons (Fsp3) is 0.824. The molecule has 3 unspecified atom stereocenters. The number of rotatable bonds is 5. The molecule has 1 fully saturated rings. The van der Waals surface area contributed by atoms with E-state index in [-0.39, 0.29) is 0 Å². The monoisotopic (exact) mass is 294 g/mol. The Hall–Kier alpha value is -0.410. The number of hydrogen-bond acceptors (Lipinski definition) is 3. The summed E-state index contributed by atoms with van der Waals surface area (Å²) in [4.78, 5) is 5.71. The van der Waals surface area contributed by atoms with Crippen molar-refractivity contribution >= 4 is 11.3 Å². The van der Waals surface area contributed by atoms with Gasteiger partial charge in [-0.25, -0.2) is 0 Å². The molecule has 0 saturated heterocycles. The predicted octanol–water partition coefficient (Wildman–Crippen LogP) is 4.37. The first-order valence-corrected chi connectivity index (χ1v) is 8.96. The normalized spacial score (nSPS) is 27.7. The van der Waals surface area contributed by atoms with E-state index in [1.54, 1.807) is 0 Å². The highest BCUT2D eigenvalue weighted by molar-refractivity contribution is 7.09. The van der Waals surface area contributed by atoms with Crippen LogP contribution >= 0.6 is 11.3 Å². The summed E-state index contributed by atoms with van der Waals surface area (Å²) in [6.45, 7) is 11.7.